The molecule has 0 aliphatic heterocycles. The highest BCUT2D eigenvalue weighted by Gasteiger charge is 2.17. The van der Waals surface area contributed by atoms with E-state index in [1.54, 1.807) is 18.4 Å². The number of aryl methyl sites for hydroxylation is 2. The number of furan rings is 1. The Hall–Kier alpha value is -2.51. The van der Waals surface area contributed by atoms with Crippen molar-refractivity contribution in [3.63, 3.8) is 0 Å². The highest BCUT2D eigenvalue weighted by molar-refractivity contribution is 7.99. The van der Waals surface area contributed by atoms with E-state index in [-0.39, 0.29) is 11.7 Å². The third kappa shape index (κ3) is 4.43. The number of aromatic nitrogens is 3. The van der Waals surface area contributed by atoms with Gasteiger partial charge in [0.25, 0.3) is 0 Å². The van der Waals surface area contributed by atoms with Gasteiger partial charge in [0.1, 0.15) is 0 Å². The van der Waals surface area contributed by atoms with E-state index < -0.39 is 0 Å². The zero-order valence-corrected chi connectivity index (χ0v) is 16.6. The molecule has 1 N–H and O–H groups in total. The van der Waals surface area contributed by atoms with Crippen LogP contribution in [0, 0.1) is 13.8 Å². The molecule has 27 heavy (non-hydrogen) atoms. The molecule has 0 bridgehead atoms. The minimum Gasteiger partial charge on any atom is -0.461 e. The molecule has 0 atom stereocenters. The Bertz CT molecular complexity index is 943. The second-order valence-corrected chi connectivity index (χ2v) is 7.31. The Morgan fingerprint density at radius 1 is 1.41 bits per heavy atom. The second-order valence-electron chi connectivity index (χ2n) is 5.96. The number of carbonyl (C=O) groups is 1. The standard InChI is InChI=1S/C19H19ClN4O2S/c1-4-7-24-18(15-6-5-8-26-15)22-23-19(24)27-11-16(25)21-17-13(3)9-12(2)10-14(17)20/h4-6,8-10H,1,7,11H2,2-3H3,(H,21,25). The first-order valence-electron chi connectivity index (χ1n) is 8.27. The smallest absolute Gasteiger partial charge is 0.234 e. The van der Waals surface area contributed by atoms with Gasteiger partial charge in [0.15, 0.2) is 10.9 Å². The molecule has 2 aromatic heterocycles. The summed E-state index contributed by atoms with van der Waals surface area (Å²) in [5, 5.41) is 12.4. The summed E-state index contributed by atoms with van der Waals surface area (Å²) in [5.74, 6) is 1.22. The Morgan fingerprint density at radius 3 is 2.89 bits per heavy atom. The maximum absolute atomic E-state index is 12.4. The average molecular weight is 403 g/mol. The summed E-state index contributed by atoms with van der Waals surface area (Å²) in [6, 6.07) is 7.40. The third-order valence-electron chi connectivity index (χ3n) is 3.80. The van der Waals surface area contributed by atoms with Crippen molar-refractivity contribution in [3.8, 4) is 11.6 Å². The predicted molar refractivity (Wildman–Crippen MR) is 108 cm³/mol. The molecule has 0 spiro atoms. The van der Waals surface area contributed by atoms with Crippen molar-refractivity contribution >= 4 is 35.0 Å². The Morgan fingerprint density at radius 2 is 2.22 bits per heavy atom. The summed E-state index contributed by atoms with van der Waals surface area (Å²) in [6.45, 7) is 8.15. The van der Waals surface area contributed by atoms with Crippen LogP contribution in [0.2, 0.25) is 5.02 Å². The first kappa shape index (κ1) is 19.3. The number of nitrogens with zero attached hydrogens (tertiary/aromatic N) is 3. The molecular weight excluding hydrogens is 384 g/mol. The molecule has 0 unspecified atom stereocenters. The van der Waals surface area contributed by atoms with E-state index in [1.165, 1.54) is 11.8 Å². The first-order chi connectivity index (χ1) is 13.0. The molecule has 3 aromatic rings. The van der Waals surface area contributed by atoms with Crippen LogP contribution >= 0.6 is 23.4 Å². The van der Waals surface area contributed by atoms with E-state index in [9.17, 15) is 4.79 Å². The zero-order chi connectivity index (χ0) is 19.4. The summed E-state index contributed by atoms with van der Waals surface area (Å²) in [5.41, 5.74) is 2.61. The van der Waals surface area contributed by atoms with E-state index in [2.05, 4.69) is 22.1 Å². The number of thioether (sulfide) groups is 1. The van der Waals surface area contributed by atoms with Crippen molar-refractivity contribution < 1.29 is 9.21 Å². The summed E-state index contributed by atoms with van der Waals surface area (Å²) < 4.78 is 7.25. The highest BCUT2D eigenvalue weighted by Crippen LogP contribution is 2.28. The fourth-order valence-corrected chi connectivity index (χ4v) is 3.77. The van der Waals surface area contributed by atoms with Crippen molar-refractivity contribution in [1.82, 2.24) is 14.8 Å². The molecule has 3 rings (SSSR count). The van der Waals surface area contributed by atoms with Crippen LogP contribution in [-0.2, 0) is 11.3 Å². The third-order valence-corrected chi connectivity index (χ3v) is 5.06. The number of anilines is 1. The Balaban J connectivity index is 1.72. The second kappa shape index (κ2) is 8.45. The quantitative estimate of drug-likeness (QED) is 0.457. The van der Waals surface area contributed by atoms with Gasteiger partial charge in [0.05, 0.1) is 22.7 Å². The van der Waals surface area contributed by atoms with E-state index >= 15 is 0 Å². The van der Waals surface area contributed by atoms with Crippen molar-refractivity contribution in [2.45, 2.75) is 25.5 Å². The van der Waals surface area contributed by atoms with Gasteiger partial charge in [-0.1, -0.05) is 35.5 Å². The molecule has 0 saturated carbocycles. The average Bonchev–Trinajstić information content (AvgIpc) is 3.26. The molecule has 0 radical (unpaired) electrons. The molecule has 2 heterocycles. The number of amides is 1. The van der Waals surface area contributed by atoms with Crippen molar-refractivity contribution in [1.29, 1.82) is 0 Å². The fraction of sp³-hybridized carbons (Fsp3) is 0.211. The largest absolute Gasteiger partial charge is 0.461 e. The van der Waals surface area contributed by atoms with Crippen LogP contribution in [0.1, 0.15) is 11.1 Å². The van der Waals surface area contributed by atoms with E-state index in [4.69, 9.17) is 16.0 Å². The van der Waals surface area contributed by atoms with E-state index in [0.717, 1.165) is 11.1 Å². The molecule has 0 saturated heterocycles. The maximum Gasteiger partial charge on any atom is 0.234 e. The molecular formula is C19H19ClN4O2S. The van der Waals surface area contributed by atoms with Gasteiger partial charge in [-0.2, -0.15) is 0 Å². The monoisotopic (exact) mass is 402 g/mol. The lowest BCUT2D eigenvalue weighted by molar-refractivity contribution is -0.113. The number of nitrogens with one attached hydrogen (secondary N) is 1. The van der Waals surface area contributed by atoms with Crippen LogP contribution in [0.3, 0.4) is 0 Å². The number of allylic oxidation sites excluding steroid dienone is 1. The molecule has 0 aliphatic carbocycles. The highest BCUT2D eigenvalue weighted by atomic mass is 35.5. The topological polar surface area (TPSA) is 73.0 Å². The van der Waals surface area contributed by atoms with E-state index in [1.807, 2.05) is 36.6 Å². The maximum atomic E-state index is 12.4. The summed E-state index contributed by atoms with van der Waals surface area (Å²) in [6.07, 6.45) is 3.32. The van der Waals surface area contributed by atoms with Gasteiger partial charge in [-0.05, 0) is 43.2 Å². The lowest BCUT2D eigenvalue weighted by Gasteiger charge is -2.11. The number of hydrogen-bond donors (Lipinski definition) is 1. The van der Waals surface area contributed by atoms with Gasteiger partial charge >= 0.3 is 0 Å². The molecule has 1 aromatic carbocycles. The zero-order valence-electron chi connectivity index (χ0n) is 15.0. The van der Waals surface area contributed by atoms with Gasteiger partial charge < -0.3 is 9.73 Å². The van der Waals surface area contributed by atoms with Crippen LogP contribution in [0.15, 0.2) is 52.8 Å². The minimum atomic E-state index is -0.165. The van der Waals surface area contributed by atoms with Crippen LogP contribution in [0.25, 0.3) is 11.6 Å². The number of benzene rings is 1. The number of rotatable bonds is 7. The van der Waals surface area contributed by atoms with Gasteiger partial charge in [-0.15, -0.1) is 16.8 Å². The predicted octanol–water partition coefficient (Wildman–Crippen LogP) is 4.73. The minimum absolute atomic E-state index is 0.165. The molecule has 0 fully saturated rings. The van der Waals surface area contributed by atoms with Gasteiger partial charge in [0.2, 0.25) is 11.7 Å². The molecule has 0 aliphatic rings. The van der Waals surface area contributed by atoms with E-state index in [0.29, 0.717) is 34.0 Å². The van der Waals surface area contributed by atoms with Crippen LogP contribution < -0.4 is 5.32 Å². The molecule has 8 heteroatoms. The SMILES string of the molecule is C=CCn1c(SCC(=O)Nc2c(C)cc(C)cc2Cl)nnc1-c1ccco1. The van der Waals surface area contributed by atoms with Crippen molar-refractivity contribution in [3.05, 3.63) is 59.3 Å². The lowest BCUT2D eigenvalue weighted by atomic mass is 10.1. The molecule has 140 valence electrons. The van der Waals surface area contributed by atoms with Gasteiger partial charge in [0, 0.05) is 6.54 Å². The summed E-state index contributed by atoms with van der Waals surface area (Å²) in [4.78, 5) is 12.4. The van der Waals surface area contributed by atoms with Gasteiger partial charge in [-0.3, -0.25) is 9.36 Å². The van der Waals surface area contributed by atoms with Crippen molar-refractivity contribution in [2.24, 2.45) is 0 Å². The van der Waals surface area contributed by atoms with Crippen LogP contribution in [0.5, 0.6) is 0 Å². The van der Waals surface area contributed by atoms with Crippen LogP contribution in [-0.4, -0.2) is 26.4 Å². The van der Waals surface area contributed by atoms with Gasteiger partial charge in [-0.25, -0.2) is 0 Å². The number of halogens is 1. The Kier molecular flexibility index (Phi) is 6.03. The summed E-state index contributed by atoms with van der Waals surface area (Å²) in [7, 11) is 0. The fourth-order valence-electron chi connectivity index (χ4n) is 2.66. The number of carbonyl (C=O) groups excluding carboxylic acids is 1. The summed E-state index contributed by atoms with van der Waals surface area (Å²) >= 11 is 7.55. The molecule has 6 nitrogen and oxygen atoms in total. The molecule has 1 amide bonds. The first-order valence-corrected chi connectivity index (χ1v) is 9.63. The number of hydrogen-bond acceptors (Lipinski definition) is 5. The Labute approximate surface area is 166 Å². The van der Waals surface area contributed by atoms with Crippen molar-refractivity contribution in [2.75, 3.05) is 11.1 Å². The lowest BCUT2D eigenvalue weighted by Crippen LogP contribution is -2.16. The van der Waals surface area contributed by atoms with Crippen LogP contribution in [0.4, 0.5) is 5.69 Å². The normalized spacial score (nSPS) is 10.8.